The molecule has 76 valence electrons. The van der Waals surface area contributed by atoms with Crippen LogP contribution in [0.2, 0.25) is 0 Å². The molecule has 0 aliphatic rings. The maximum atomic E-state index is 10.6. The lowest BCUT2D eigenvalue weighted by Crippen LogP contribution is -2.15. The Hall–Kier alpha value is -1.43. The number of halogens is 1. The maximum Gasteiger partial charge on any atom is 0.320 e. The summed E-state index contributed by atoms with van der Waals surface area (Å²) in [5, 5.41) is 13.5. The van der Waals surface area contributed by atoms with Crippen LogP contribution >= 0.6 is 11.6 Å². The van der Waals surface area contributed by atoms with Crippen molar-refractivity contribution in [3.63, 3.8) is 0 Å². The number of esters is 1. The first kappa shape index (κ1) is 10.6. The van der Waals surface area contributed by atoms with E-state index in [2.05, 4.69) is 20.7 Å². The molecule has 0 aliphatic heterocycles. The fraction of sp³-hybridized carbons (Fsp3) is 0.429. The average molecular weight is 217 g/mol. The molecule has 1 N–H and O–H groups in total. The summed E-state index contributed by atoms with van der Waals surface area (Å²) in [5.74, 6) is 0.0194. The first-order valence-electron chi connectivity index (χ1n) is 3.93. The highest BCUT2D eigenvalue weighted by Crippen LogP contribution is 1.94. The number of hydrogen-bond acceptors (Lipinski definition) is 6. The van der Waals surface area contributed by atoms with E-state index >= 15 is 0 Å². The quantitative estimate of drug-likeness (QED) is 0.426. The number of aromatic nitrogens is 3. The van der Waals surface area contributed by atoms with E-state index in [1.807, 2.05) is 0 Å². The van der Waals surface area contributed by atoms with Crippen LogP contribution < -0.4 is 5.32 Å². The topological polar surface area (TPSA) is 77.0 Å². The fourth-order valence-electron chi connectivity index (χ4n) is 0.718. The van der Waals surface area contributed by atoms with E-state index in [9.17, 15) is 4.79 Å². The molecule has 0 bridgehead atoms. The second-order valence-corrected chi connectivity index (χ2v) is 2.55. The Labute approximate surface area is 85.6 Å². The van der Waals surface area contributed by atoms with Crippen molar-refractivity contribution in [3.8, 4) is 0 Å². The van der Waals surface area contributed by atoms with Crippen LogP contribution in [0.3, 0.4) is 0 Å². The van der Waals surface area contributed by atoms with E-state index in [-0.39, 0.29) is 12.5 Å². The second-order valence-electron chi connectivity index (χ2n) is 2.29. The van der Waals surface area contributed by atoms with Gasteiger partial charge >= 0.3 is 5.97 Å². The summed E-state index contributed by atoms with van der Waals surface area (Å²) < 4.78 is 4.72. The molecule has 0 aromatic carbocycles. The van der Waals surface area contributed by atoms with Gasteiger partial charge in [-0.15, -0.1) is 21.8 Å². The van der Waals surface area contributed by atoms with E-state index in [0.717, 1.165) is 0 Å². The predicted molar refractivity (Wildman–Crippen MR) is 50.0 cm³/mol. The summed E-state index contributed by atoms with van der Waals surface area (Å²) >= 11 is 5.22. The normalized spacial score (nSPS) is 9.50. The Morgan fingerprint density at radius 3 is 3.14 bits per heavy atom. The molecule has 0 unspecified atom stereocenters. The number of alkyl halides is 1. The molecule has 7 heteroatoms. The predicted octanol–water partition coefficient (Wildman–Crippen LogP) is 0.0655. The highest BCUT2D eigenvalue weighted by atomic mass is 35.5. The van der Waals surface area contributed by atoms with Gasteiger partial charge in [-0.25, -0.2) is 0 Å². The van der Waals surface area contributed by atoms with Gasteiger partial charge in [0.05, 0.1) is 12.7 Å². The molecule has 0 aliphatic carbocycles. The van der Waals surface area contributed by atoms with Gasteiger partial charge in [-0.3, -0.25) is 4.79 Å². The van der Waals surface area contributed by atoms with Crippen molar-refractivity contribution in [2.45, 2.75) is 0 Å². The van der Waals surface area contributed by atoms with E-state index in [0.29, 0.717) is 12.4 Å². The van der Waals surface area contributed by atoms with Crippen molar-refractivity contribution < 1.29 is 9.53 Å². The molecule has 1 aromatic rings. The average Bonchev–Trinajstić information content (AvgIpc) is 2.25. The van der Waals surface area contributed by atoms with Gasteiger partial charge < -0.3 is 10.1 Å². The summed E-state index contributed by atoms with van der Waals surface area (Å²) in [7, 11) is 0. The molecule has 6 nitrogen and oxygen atoms in total. The third kappa shape index (κ3) is 3.99. The van der Waals surface area contributed by atoms with Crippen LogP contribution in [-0.4, -0.2) is 40.4 Å². The van der Waals surface area contributed by atoms with Gasteiger partial charge in [-0.2, -0.15) is 0 Å². The lowest BCUT2D eigenvalue weighted by atomic mass is 10.5. The third-order valence-electron chi connectivity index (χ3n) is 1.28. The number of anilines is 1. The van der Waals surface area contributed by atoms with E-state index in [1.165, 1.54) is 6.20 Å². The standard InChI is InChI=1S/C7H9ClN4O2/c8-5-7(13)14-4-3-9-6-1-2-10-12-11-6/h1-2H,3-5H2,(H,9,10,11). The zero-order valence-electron chi connectivity index (χ0n) is 7.31. The van der Waals surface area contributed by atoms with Gasteiger partial charge in [-0.1, -0.05) is 0 Å². The van der Waals surface area contributed by atoms with E-state index in [4.69, 9.17) is 16.3 Å². The summed E-state index contributed by atoms with van der Waals surface area (Å²) in [4.78, 5) is 10.6. The Balaban J connectivity index is 2.13. The Bertz CT molecular complexity index is 282. The highest BCUT2D eigenvalue weighted by molar-refractivity contribution is 6.26. The number of nitrogens with zero attached hydrogens (tertiary/aromatic N) is 3. The molecule has 0 saturated carbocycles. The minimum Gasteiger partial charge on any atom is -0.463 e. The number of ether oxygens (including phenoxy) is 1. The smallest absolute Gasteiger partial charge is 0.320 e. The maximum absolute atomic E-state index is 10.6. The molecular formula is C7H9ClN4O2. The van der Waals surface area contributed by atoms with Crippen LogP contribution in [0.15, 0.2) is 12.3 Å². The SMILES string of the molecule is O=C(CCl)OCCNc1ccnnn1. The van der Waals surface area contributed by atoms with Crippen LogP contribution in [0.4, 0.5) is 5.82 Å². The number of carbonyl (C=O) groups is 1. The Kier molecular flexibility index (Phi) is 4.63. The zero-order valence-corrected chi connectivity index (χ0v) is 8.07. The number of hydrogen-bond donors (Lipinski definition) is 1. The molecular weight excluding hydrogens is 208 g/mol. The monoisotopic (exact) mass is 216 g/mol. The van der Waals surface area contributed by atoms with Gasteiger partial charge in [0.15, 0.2) is 5.82 Å². The first-order valence-corrected chi connectivity index (χ1v) is 4.46. The Morgan fingerprint density at radius 2 is 2.50 bits per heavy atom. The lowest BCUT2D eigenvalue weighted by molar-refractivity contribution is -0.140. The summed E-state index contributed by atoms with van der Waals surface area (Å²) in [6, 6.07) is 1.66. The summed E-state index contributed by atoms with van der Waals surface area (Å²) in [6.45, 7) is 0.705. The van der Waals surface area contributed by atoms with E-state index < -0.39 is 5.97 Å². The molecule has 1 rings (SSSR count). The van der Waals surface area contributed by atoms with Crippen molar-refractivity contribution in [2.75, 3.05) is 24.3 Å². The molecule has 1 heterocycles. The van der Waals surface area contributed by atoms with Crippen molar-refractivity contribution in [2.24, 2.45) is 0 Å². The Morgan fingerprint density at radius 1 is 1.64 bits per heavy atom. The fourth-order valence-corrected chi connectivity index (χ4v) is 0.795. The minimum absolute atomic E-state index is 0.130. The molecule has 0 amide bonds. The largest absolute Gasteiger partial charge is 0.463 e. The van der Waals surface area contributed by atoms with Crippen LogP contribution in [0.1, 0.15) is 0 Å². The first-order chi connectivity index (χ1) is 6.83. The van der Waals surface area contributed by atoms with Crippen molar-refractivity contribution in [1.29, 1.82) is 0 Å². The van der Waals surface area contributed by atoms with Gasteiger partial charge in [-0.05, 0) is 5.21 Å². The van der Waals surface area contributed by atoms with Crippen LogP contribution in [0.25, 0.3) is 0 Å². The van der Waals surface area contributed by atoms with Gasteiger partial charge in [0.1, 0.15) is 12.5 Å². The van der Waals surface area contributed by atoms with Gasteiger partial charge in [0.25, 0.3) is 0 Å². The van der Waals surface area contributed by atoms with Crippen LogP contribution in [0, 0.1) is 0 Å². The van der Waals surface area contributed by atoms with Crippen molar-refractivity contribution in [1.82, 2.24) is 15.4 Å². The van der Waals surface area contributed by atoms with Gasteiger partial charge in [0.2, 0.25) is 0 Å². The summed E-state index contributed by atoms with van der Waals surface area (Å²) in [5.41, 5.74) is 0. The molecule has 0 atom stereocenters. The van der Waals surface area contributed by atoms with E-state index in [1.54, 1.807) is 6.07 Å². The van der Waals surface area contributed by atoms with Gasteiger partial charge in [0, 0.05) is 6.07 Å². The number of nitrogens with one attached hydrogen (secondary N) is 1. The molecule has 0 saturated heterocycles. The third-order valence-corrected chi connectivity index (χ3v) is 1.50. The molecule has 14 heavy (non-hydrogen) atoms. The lowest BCUT2D eigenvalue weighted by Gasteiger charge is -2.04. The van der Waals surface area contributed by atoms with Crippen LogP contribution in [0.5, 0.6) is 0 Å². The molecule has 0 spiro atoms. The highest BCUT2D eigenvalue weighted by Gasteiger charge is 1.98. The molecule has 0 radical (unpaired) electrons. The van der Waals surface area contributed by atoms with Crippen LogP contribution in [-0.2, 0) is 9.53 Å². The van der Waals surface area contributed by atoms with Crippen molar-refractivity contribution in [3.05, 3.63) is 12.3 Å². The minimum atomic E-state index is -0.436. The number of carbonyl (C=O) groups excluding carboxylic acids is 1. The second kappa shape index (κ2) is 6.09. The van der Waals surface area contributed by atoms with Crippen molar-refractivity contribution >= 4 is 23.4 Å². The zero-order chi connectivity index (χ0) is 10.2. The summed E-state index contributed by atoms with van der Waals surface area (Å²) in [6.07, 6.45) is 1.51. The number of rotatable bonds is 5. The molecule has 1 aromatic heterocycles. The molecule has 0 fully saturated rings.